The molecule has 0 aliphatic carbocycles. The van der Waals surface area contributed by atoms with Crippen LogP contribution < -0.4 is 5.48 Å². The maximum absolute atomic E-state index is 11.6. The van der Waals surface area contributed by atoms with Gasteiger partial charge in [0.1, 0.15) is 0 Å². The van der Waals surface area contributed by atoms with Crippen LogP contribution in [0.15, 0.2) is 36.5 Å². The second-order valence-corrected chi connectivity index (χ2v) is 6.70. The summed E-state index contributed by atoms with van der Waals surface area (Å²) in [4.78, 5) is 11.6. The zero-order valence-corrected chi connectivity index (χ0v) is 16.6. The van der Waals surface area contributed by atoms with Crippen LogP contribution in [0.25, 0.3) is 0 Å². The van der Waals surface area contributed by atoms with Gasteiger partial charge in [-0.3, -0.25) is 14.7 Å². The lowest BCUT2D eigenvalue weighted by Crippen LogP contribution is -2.31. The number of rotatable bonds is 8. The molecule has 0 bridgehead atoms. The van der Waals surface area contributed by atoms with Crippen molar-refractivity contribution >= 4 is 29.9 Å². The van der Waals surface area contributed by atoms with Crippen LogP contribution in [-0.4, -0.2) is 34.1 Å². The van der Waals surface area contributed by atoms with Gasteiger partial charge in [0.2, 0.25) is 5.91 Å². The van der Waals surface area contributed by atoms with Crippen LogP contribution in [0.3, 0.4) is 0 Å². The highest BCUT2D eigenvalue weighted by Crippen LogP contribution is 2.28. The summed E-state index contributed by atoms with van der Waals surface area (Å²) in [5.41, 5.74) is 3.59. The van der Waals surface area contributed by atoms with E-state index in [9.17, 15) is 4.79 Å². The van der Waals surface area contributed by atoms with Crippen LogP contribution >= 0.6 is 24.0 Å². The number of aromatic nitrogens is 2. The number of carbonyl (C=O) groups is 1. The van der Waals surface area contributed by atoms with Crippen LogP contribution in [0.5, 0.6) is 0 Å². The smallest absolute Gasteiger partial charge is 0.245 e. The number of nitrogens with one attached hydrogen (secondary N) is 1. The van der Waals surface area contributed by atoms with E-state index < -0.39 is 12.0 Å². The van der Waals surface area contributed by atoms with Gasteiger partial charge in [-0.25, -0.2) is 5.48 Å². The minimum atomic E-state index is -0.490. The van der Waals surface area contributed by atoms with Crippen molar-refractivity contribution in [2.24, 2.45) is 0 Å². The van der Waals surface area contributed by atoms with Gasteiger partial charge in [0, 0.05) is 30.3 Å². The fraction of sp³-hybridized carbons (Fsp3) is 0.444. The number of methoxy groups -OCH3 is 1. The van der Waals surface area contributed by atoms with E-state index in [2.05, 4.69) is 18.9 Å². The first-order valence-corrected chi connectivity index (χ1v) is 8.57. The van der Waals surface area contributed by atoms with Crippen LogP contribution in [0, 0.1) is 0 Å². The summed E-state index contributed by atoms with van der Waals surface area (Å²) in [7, 11) is 1.56. The highest BCUT2D eigenvalue weighted by molar-refractivity contribution is 6.30. The third kappa shape index (κ3) is 5.99. The summed E-state index contributed by atoms with van der Waals surface area (Å²) >= 11 is 5.96. The molecule has 1 amide bonds. The largest absolute Gasteiger partial charge is 0.380 e. The summed E-state index contributed by atoms with van der Waals surface area (Å²) in [6.45, 7) is 4.11. The van der Waals surface area contributed by atoms with Crippen molar-refractivity contribution in [1.29, 1.82) is 0 Å². The Morgan fingerprint density at radius 3 is 2.46 bits per heavy atom. The molecule has 0 spiro atoms. The van der Waals surface area contributed by atoms with Gasteiger partial charge < -0.3 is 4.74 Å². The van der Waals surface area contributed by atoms with Crippen molar-refractivity contribution in [3.05, 3.63) is 52.8 Å². The quantitative estimate of drug-likeness (QED) is 0.521. The first-order chi connectivity index (χ1) is 11.9. The number of benzene rings is 1. The molecule has 8 heteroatoms. The third-order valence-corrected chi connectivity index (χ3v) is 4.42. The molecule has 2 rings (SSSR count). The Bertz CT molecular complexity index is 689. The van der Waals surface area contributed by atoms with Crippen molar-refractivity contribution in [3.8, 4) is 0 Å². The van der Waals surface area contributed by atoms with Crippen molar-refractivity contribution in [2.75, 3.05) is 7.11 Å². The number of hydrogen-bond donors (Lipinski definition) is 2. The van der Waals surface area contributed by atoms with Gasteiger partial charge >= 0.3 is 0 Å². The molecule has 1 aromatic heterocycles. The van der Waals surface area contributed by atoms with Gasteiger partial charge in [0.25, 0.3) is 0 Å². The number of ether oxygens (including phenoxy) is 1. The minimum absolute atomic E-state index is 0. The van der Waals surface area contributed by atoms with Gasteiger partial charge in [0.15, 0.2) is 0 Å². The van der Waals surface area contributed by atoms with Crippen molar-refractivity contribution in [3.63, 3.8) is 0 Å². The second kappa shape index (κ2) is 10.5. The first-order valence-electron chi connectivity index (χ1n) is 8.19. The van der Waals surface area contributed by atoms with Crippen LogP contribution in [0.1, 0.15) is 43.5 Å². The Hall–Kier alpha value is -1.60. The topological polar surface area (TPSA) is 76.4 Å². The molecule has 0 aliphatic heterocycles. The van der Waals surface area contributed by atoms with Crippen LogP contribution in [-0.2, 0) is 16.0 Å². The fourth-order valence-corrected chi connectivity index (χ4v) is 2.88. The maximum atomic E-state index is 11.6. The van der Waals surface area contributed by atoms with E-state index in [1.807, 2.05) is 41.2 Å². The summed E-state index contributed by atoms with van der Waals surface area (Å²) in [6.07, 6.45) is 2.19. The molecule has 0 fully saturated rings. The van der Waals surface area contributed by atoms with Crippen LogP contribution in [0.2, 0.25) is 5.02 Å². The molecule has 1 heterocycles. The van der Waals surface area contributed by atoms with Crippen molar-refractivity contribution in [1.82, 2.24) is 15.3 Å². The number of hydrogen-bond acceptors (Lipinski definition) is 4. The van der Waals surface area contributed by atoms with E-state index in [0.717, 1.165) is 11.3 Å². The lowest BCUT2D eigenvalue weighted by molar-refractivity contribution is -0.132. The van der Waals surface area contributed by atoms with Gasteiger partial charge in [-0.05, 0) is 44.0 Å². The molecule has 1 aromatic carbocycles. The van der Waals surface area contributed by atoms with E-state index in [0.29, 0.717) is 11.4 Å². The molecular formula is C18H25Cl2N3O3. The van der Waals surface area contributed by atoms with Crippen LogP contribution in [0.4, 0.5) is 0 Å². The zero-order chi connectivity index (χ0) is 18.4. The molecule has 2 N–H and O–H groups in total. The molecule has 0 aliphatic rings. The van der Waals surface area contributed by atoms with E-state index in [1.165, 1.54) is 0 Å². The number of nitrogens with zero attached hydrogens (tertiary/aromatic N) is 2. The molecule has 144 valence electrons. The summed E-state index contributed by atoms with van der Waals surface area (Å²) < 4.78 is 7.44. The number of amides is 1. The zero-order valence-electron chi connectivity index (χ0n) is 15.1. The fourth-order valence-electron chi connectivity index (χ4n) is 2.76. The molecule has 6 nitrogen and oxygen atoms in total. The van der Waals surface area contributed by atoms with Gasteiger partial charge in [-0.1, -0.05) is 23.7 Å². The Labute approximate surface area is 164 Å². The average Bonchev–Trinajstić information content (AvgIpc) is 3.09. The van der Waals surface area contributed by atoms with E-state index >= 15 is 0 Å². The Kier molecular flexibility index (Phi) is 9.08. The highest BCUT2D eigenvalue weighted by Gasteiger charge is 2.28. The number of carbonyl (C=O) groups excluding carboxylic acids is 1. The summed E-state index contributed by atoms with van der Waals surface area (Å²) in [5.74, 6) is -0.625. The standard InChI is InChI=1S/C18H24ClN3O3.ClH/c1-12(2)22-9-8-16(20-22)15(17(25-3)11-18(23)21-24)10-13-4-6-14(19)7-5-13;/h4-9,12,15,17,24H,10-11H2,1-3H3,(H,21,23);1H. The van der Waals surface area contributed by atoms with Gasteiger partial charge in [-0.15, -0.1) is 12.4 Å². The Morgan fingerprint density at radius 2 is 1.96 bits per heavy atom. The third-order valence-electron chi connectivity index (χ3n) is 4.17. The predicted octanol–water partition coefficient (Wildman–Crippen LogP) is 3.78. The summed E-state index contributed by atoms with van der Waals surface area (Å²) in [6, 6.07) is 9.77. The lowest BCUT2D eigenvalue weighted by Gasteiger charge is -2.24. The van der Waals surface area contributed by atoms with Crippen molar-refractivity contribution < 1.29 is 14.7 Å². The molecular weight excluding hydrogens is 377 g/mol. The summed E-state index contributed by atoms with van der Waals surface area (Å²) in [5, 5.41) is 14.2. The number of halogens is 2. The van der Waals surface area contributed by atoms with Gasteiger partial charge in [-0.2, -0.15) is 5.10 Å². The van der Waals surface area contributed by atoms with Crippen molar-refractivity contribution in [2.45, 2.75) is 44.8 Å². The lowest BCUT2D eigenvalue weighted by atomic mass is 9.89. The number of hydroxylamine groups is 1. The molecule has 0 radical (unpaired) electrons. The monoisotopic (exact) mass is 401 g/mol. The normalized spacial score (nSPS) is 13.2. The van der Waals surface area contributed by atoms with E-state index in [-0.39, 0.29) is 30.8 Å². The maximum Gasteiger partial charge on any atom is 0.245 e. The average molecular weight is 402 g/mol. The molecule has 0 saturated heterocycles. The molecule has 2 atom stereocenters. The Morgan fingerprint density at radius 1 is 1.31 bits per heavy atom. The second-order valence-electron chi connectivity index (χ2n) is 6.26. The first kappa shape index (κ1) is 22.4. The predicted molar refractivity (Wildman–Crippen MR) is 103 cm³/mol. The van der Waals surface area contributed by atoms with Gasteiger partial charge in [0.05, 0.1) is 18.2 Å². The molecule has 2 unspecified atom stereocenters. The SMILES string of the molecule is COC(CC(=O)NO)C(Cc1ccc(Cl)cc1)c1ccn(C(C)C)n1.Cl. The highest BCUT2D eigenvalue weighted by atomic mass is 35.5. The molecule has 2 aromatic rings. The molecule has 0 saturated carbocycles. The van der Waals surface area contributed by atoms with E-state index in [1.54, 1.807) is 12.6 Å². The van der Waals surface area contributed by atoms with E-state index in [4.69, 9.17) is 21.5 Å². The molecule has 26 heavy (non-hydrogen) atoms. The minimum Gasteiger partial charge on any atom is -0.380 e. The Balaban J connectivity index is 0.00000338.